The Morgan fingerprint density at radius 3 is 2.67 bits per heavy atom. The van der Waals surface area contributed by atoms with Crippen LogP contribution in [0.5, 0.6) is 5.88 Å². The summed E-state index contributed by atoms with van der Waals surface area (Å²) in [5, 5.41) is 2.99. The molecule has 1 aliphatic rings. The second kappa shape index (κ2) is 11.1. The van der Waals surface area contributed by atoms with Crippen molar-refractivity contribution >= 4 is 21.9 Å². The third-order valence-corrected chi connectivity index (χ3v) is 7.28. The van der Waals surface area contributed by atoms with Crippen molar-refractivity contribution < 1.29 is 17.9 Å². The van der Waals surface area contributed by atoms with Crippen molar-refractivity contribution in [2.75, 3.05) is 11.3 Å². The third-order valence-electron chi connectivity index (χ3n) is 5.95. The highest BCUT2D eigenvalue weighted by Crippen LogP contribution is 2.28. The number of carbonyl (C=O) groups is 1. The summed E-state index contributed by atoms with van der Waals surface area (Å²) < 4.78 is 34.9. The van der Waals surface area contributed by atoms with Crippen molar-refractivity contribution in [3.05, 3.63) is 65.7 Å². The monoisotopic (exact) mass is 508 g/mol. The zero-order valence-corrected chi connectivity index (χ0v) is 21.6. The number of nitrogens with zero attached hydrogens (tertiary/aromatic N) is 2. The van der Waals surface area contributed by atoms with E-state index in [1.165, 1.54) is 12.1 Å². The van der Waals surface area contributed by atoms with Crippen molar-refractivity contribution in [3.63, 3.8) is 0 Å². The molecule has 2 heterocycles. The minimum absolute atomic E-state index is 0.0466. The number of anilines is 1. The highest BCUT2D eigenvalue weighted by molar-refractivity contribution is 7.92. The van der Waals surface area contributed by atoms with E-state index in [0.717, 1.165) is 30.4 Å². The van der Waals surface area contributed by atoms with Gasteiger partial charge in [0.25, 0.3) is 15.9 Å². The van der Waals surface area contributed by atoms with Gasteiger partial charge in [0.15, 0.2) is 0 Å². The second-order valence-electron chi connectivity index (χ2n) is 9.42. The molecule has 0 spiro atoms. The van der Waals surface area contributed by atoms with Crippen LogP contribution in [-0.4, -0.2) is 36.9 Å². The fraction of sp³-hybridized carbons (Fsp3) is 0.370. The van der Waals surface area contributed by atoms with E-state index in [0.29, 0.717) is 18.0 Å². The molecule has 8 nitrogen and oxygen atoms in total. The Balaban J connectivity index is 1.81. The van der Waals surface area contributed by atoms with Gasteiger partial charge in [-0.1, -0.05) is 57.5 Å². The van der Waals surface area contributed by atoms with E-state index >= 15 is 0 Å². The molecule has 3 aromatic rings. The number of hydrogen-bond acceptors (Lipinski definition) is 6. The average Bonchev–Trinajstić information content (AvgIpc) is 2.85. The van der Waals surface area contributed by atoms with Gasteiger partial charge in [-0.3, -0.25) is 4.79 Å². The summed E-state index contributed by atoms with van der Waals surface area (Å²) in [5.74, 6) is 0.0999. The Hall–Kier alpha value is -3.46. The number of ether oxygens (including phenoxy) is 1. The lowest BCUT2D eigenvalue weighted by Gasteiger charge is -2.21. The second-order valence-corrected chi connectivity index (χ2v) is 11.1. The SMILES string of the molecule is CCCCc1ccccc1-c1cc2nc(n1)NS(=O)(=O)c1cccc(c1)C(=O)N[C@H](CC(C)C)CO2. The molecule has 1 atom stereocenters. The van der Waals surface area contributed by atoms with Crippen LogP contribution >= 0.6 is 0 Å². The summed E-state index contributed by atoms with van der Waals surface area (Å²) in [6.45, 7) is 6.46. The number of carbonyl (C=O) groups excluding carboxylic acids is 1. The largest absolute Gasteiger partial charge is 0.475 e. The van der Waals surface area contributed by atoms with Crippen LogP contribution in [-0.2, 0) is 16.4 Å². The van der Waals surface area contributed by atoms with Gasteiger partial charge in [-0.05, 0) is 48.9 Å². The van der Waals surface area contributed by atoms with Crippen molar-refractivity contribution in [3.8, 4) is 17.1 Å². The third kappa shape index (κ3) is 6.20. The first-order valence-electron chi connectivity index (χ1n) is 12.3. The molecular weight excluding hydrogens is 476 g/mol. The first kappa shape index (κ1) is 25.6. The number of hydrogen-bond donors (Lipinski definition) is 2. The fourth-order valence-electron chi connectivity index (χ4n) is 4.21. The van der Waals surface area contributed by atoms with E-state index in [1.54, 1.807) is 18.2 Å². The number of sulfonamides is 1. The van der Waals surface area contributed by atoms with E-state index in [2.05, 4.69) is 46.8 Å². The van der Waals surface area contributed by atoms with Gasteiger partial charge in [-0.25, -0.2) is 18.1 Å². The van der Waals surface area contributed by atoms with E-state index in [4.69, 9.17) is 4.74 Å². The summed E-state index contributed by atoms with van der Waals surface area (Å²) in [6.07, 6.45) is 3.65. The summed E-state index contributed by atoms with van der Waals surface area (Å²) >= 11 is 0. The maximum Gasteiger partial charge on any atom is 0.264 e. The lowest BCUT2D eigenvalue weighted by molar-refractivity contribution is 0.0913. The molecule has 0 fully saturated rings. The molecule has 9 heteroatoms. The summed E-state index contributed by atoms with van der Waals surface area (Å²) in [6, 6.07) is 15.3. The zero-order valence-electron chi connectivity index (χ0n) is 20.8. The Kier molecular flexibility index (Phi) is 7.88. The molecule has 4 rings (SSSR count). The van der Waals surface area contributed by atoms with Crippen LogP contribution in [0, 0.1) is 5.92 Å². The minimum Gasteiger partial charge on any atom is -0.475 e. The van der Waals surface area contributed by atoms with Crippen molar-refractivity contribution in [2.24, 2.45) is 5.92 Å². The van der Waals surface area contributed by atoms with E-state index < -0.39 is 10.0 Å². The number of nitrogens with one attached hydrogen (secondary N) is 2. The lowest BCUT2D eigenvalue weighted by Crippen LogP contribution is -2.40. The molecule has 0 saturated carbocycles. The number of aryl methyl sites for hydroxylation is 1. The lowest BCUT2D eigenvalue weighted by atomic mass is 9.99. The topological polar surface area (TPSA) is 110 Å². The van der Waals surface area contributed by atoms with Crippen LogP contribution < -0.4 is 14.8 Å². The van der Waals surface area contributed by atoms with E-state index in [1.807, 2.05) is 18.2 Å². The number of amides is 1. The summed E-state index contributed by atoms with van der Waals surface area (Å²) in [7, 11) is -4.05. The average molecular weight is 509 g/mol. The molecule has 0 saturated heterocycles. The Morgan fingerprint density at radius 1 is 1.08 bits per heavy atom. The number of fused-ring (bicyclic) bond motifs is 4. The van der Waals surface area contributed by atoms with E-state index in [-0.39, 0.29) is 40.8 Å². The molecule has 36 heavy (non-hydrogen) atoms. The molecule has 0 aliphatic carbocycles. The minimum atomic E-state index is -4.05. The maximum atomic E-state index is 13.2. The van der Waals surface area contributed by atoms with Gasteiger partial charge < -0.3 is 10.1 Å². The first-order valence-corrected chi connectivity index (χ1v) is 13.8. The van der Waals surface area contributed by atoms with Crippen LogP contribution in [0.1, 0.15) is 56.0 Å². The van der Waals surface area contributed by atoms with Crippen LogP contribution in [0.2, 0.25) is 0 Å². The van der Waals surface area contributed by atoms with E-state index in [9.17, 15) is 13.2 Å². The zero-order chi connectivity index (χ0) is 25.7. The molecule has 4 bridgehead atoms. The predicted octanol–water partition coefficient (Wildman–Crippen LogP) is 4.82. The highest BCUT2D eigenvalue weighted by Gasteiger charge is 2.23. The van der Waals surface area contributed by atoms with Gasteiger partial charge in [0.2, 0.25) is 11.8 Å². The van der Waals surface area contributed by atoms with Gasteiger partial charge in [0, 0.05) is 17.2 Å². The quantitative estimate of drug-likeness (QED) is 0.494. The smallest absolute Gasteiger partial charge is 0.264 e. The predicted molar refractivity (Wildman–Crippen MR) is 140 cm³/mol. The van der Waals surface area contributed by atoms with Crippen LogP contribution in [0.3, 0.4) is 0 Å². The van der Waals surface area contributed by atoms with Crippen molar-refractivity contribution in [1.29, 1.82) is 0 Å². The highest BCUT2D eigenvalue weighted by atomic mass is 32.2. The fourth-order valence-corrected chi connectivity index (χ4v) is 5.20. The molecule has 2 aromatic carbocycles. The number of unbranched alkanes of at least 4 members (excludes halogenated alkanes) is 1. The van der Waals surface area contributed by atoms with Crippen LogP contribution in [0.4, 0.5) is 5.95 Å². The van der Waals surface area contributed by atoms with Gasteiger partial charge in [0.05, 0.1) is 16.6 Å². The normalized spacial score (nSPS) is 17.1. The summed E-state index contributed by atoms with van der Waals surface area (Å²) in [5.41, 5.74) is 2.84. The van der Waals surface area contributed by atoms with Gasteiger partial charge in [-0.2, -0.15) is 4.98 Å². The van der Waals surface area contributed by atoms with Crippen molar-refractivity contribution in [1.82, 2.24) is 15.3 Å². The number of rotatable bonds is 6. The number of benzene rings is 2. The molecule has 2 N–H and O–H groups in total. The molecule has 0 unspecified atom stereocenters. The van der Waals surface area contributed by atoms with Crippen molar-refractivity contribution in [2.45, 2.75) is 57.4 Å². The summed E-state index contributed by atoms with van der Waals surface area (Å²) in [4.78, 5) is 21.8. The maximum absolute atomic E-state index is 13.2. The molecule has 1 amide bonds. The van der Waals surface area contributed by atoms with Crippen LogP contribution in [0.25, 0.3) is 11.3 Å². The molecule has 0 radical (unpaired) electrons. The molecule has 190 valence electrons. The Morgan fingerprint density at radius 2 is 1.89 bits per heavy atom. The van der Waals surface area contributed by atoms with Gasteiger partial charge in [-0.15, -0.1) is 0 Å². The number of aromatic nitrogens is 2. The standard InChI is InChI=1S/C27H32N4O4S/c1-4-5-9-19-10-6-7-13-23(19)24-16-25-30-27(29-24)31-36(33,34)22-12-8-11-20(15-22)26(32)28-21(17-35-25)14-18(2)3/h6-8,10-13,15-16,18,21H,4-5,9,14,17H2,1-3H3,(H,28,32)(H,29,30,31)/t21-/m1/s1. The molecule has 1 aliphatic heterocycles. The Labute approximate surface area is 212 Å². The molecule has 1 aromatic heterocycles. The Bertz CT molecular complexity index is 1340. The molecular formula is C27H32N4O4S. The first-order chi connectivity index (χ1) is 17.2. The van der Waals surface area contributed by atoms with Gasteiger partial charge >= 0.3 is 0 Å². The van der Waals surface area contributed by atoms with Gasteiger partial charge in [0.1, 0.15) is 6.61 Å². The van der Waals surface area contributed by atoms with Crippen LogP contribution in [0.15, 0.2) is 59.5 Å².